The Morgan fingerprint density at radius 2 is 2.20 bits per heavy atom. The van der Waals surface area contributed by atoms with E-state index in [1.807, 2.05) is 6.92 Å². The van der Waals surface area contributed by atoms with Crippen molar-refractivity contribution < 1.29 is 10.2 Å². The summed E-state index contributed by atoms with van der Waals surface area (Å²) in [5.74, 6) is 0. The molecule has 0 amide bonds. The summed E-state index contributed by atoms with van der Waals surface area (Å²) < 4.78 is 0. The third-order valence-electron chi connectivity index (χ3n) is 2.14. The highest BCUT2D eigenvalue weighted by atomic mass is 16.3. The van der Waals surface area contributed by atoms with Crippen molar-refractivity contribution in [2.24, 2.45) is 0 Å². The fraction of sp³-hybridized carbons (Fsp3) is 0.500. The number of aromatic nitrogens is 1. The zero-order valence-corrected chi connectivity index (χ0v) is 8.94. The Balaban J connectivity index is 2.86. The molecule has 1 rings (SSSR count). The van der Waals surface area contributed by atoms with Crippen molar-refractivity contribution in [3.8, 4) is 0 Å². The standard InChI is InChI=1S/C10H17N3O2/c1-6-3-7(11)9(13-4-6)10(15)8(14)5-12-2/h3-4,8,10,12,14-15H,5,11H2,1-2H3. The fourth-order valence-electron chi connectivity index (χ4n) is 1.35. The molecule has 0 saturated carbocycles. The molecule has 84 valence electrons. The molecular weight excluding hydrogens is 194 g/mol. The van der Waals surface area contributed by atoms with Crippen molar-refractivity contribution in [3.05, 3.63) is 23.5 Å². The predicted molar refractivity (Wildman–Crippen MR) is 58.3 cm³/mol. The number of pyridine rings is 1. The van der Waals surface area contributed by atoms with Gasteiger partial charge in [-0.05, 0) is 25.6 Å². The number of nitrogen functional groups attached to an aromatic ring is 1. The molecule has 5 N–H and O–H groups in total. The van der Waals surface area contributed by atoms with Crippen molar-refractivity contribution in [1.29, 1.82) is 0 Å². The number of likely N-dealkylation sites (N-methyl/N-ethyl adjacent to an activating group) is 1. The average Bonchev–Trinajstić information content (AvgIpc) is 2.17. The average molecular weight is 211 g/mol. The van der Waals surface area contributed by atoms with E-state index >= 15 is 0 Å². The molecule has 2 atom stereocenters. The largest absolute Gasteiger partial charge is 0.397 e. The number of hydrogen-bond acceptors (Lipinski definition) is 5. The molecule has 0 aliphatic carbocycles. The topological polar surface area (TPSA) is 91.4 Å². The molecule has 5 nitrogen and oxygen atoms in total. The summed E-state index contributed by atoms with van der Waals surface area (Å²) in [5.41, 5.74) is 7.35. The number of hydrogen-bond donors (Lipinski definition) is 4. The zero-order chi connectivity index (χ0) is 11.4. The third kappa shape index (κ3) is 2.89. The van der Waals surface area contributed by atoms with Crippen LogP contribution in [-0.4, -0.2) is 34.9 Å². The van der Waals surface area contributed by atoms with E-state index in [1.54, 1.807) is 19.3 Å². The van der Waals surface area contributed by atoms with Crippen molar-refractivity contribution >= 4 is 5.69 Å². The second-order valence-electron chi connectivity index (χ2n) is 3.56. The highest BCUT2D eigenvalue weighted by Crippen LogP contribution is 2.21. The van der Waals surface area contributed by atoms with Crippen molar-refractivity contribution in [2.45, 2.75) is 19.1 Å². The van der Waals surface area contributed by atoms with Crippen LogP contribution in [0.5, 0.6) is 0 Å². The first-order valence-electron chi connectivity index (χ1n) is 4.79. The molecule has 0 aliphatic heterocycles. The van der Waals surface area contributed by atoms with Crippen LogP contribution >= 0.6 is 0 Å². The molecule has 0 fully saturated rings. The SMILES string of the molecule is CNCC(O)C(O)c1ncc(C)cc1N. The molecule has 0 bridgehead atoms. The molecule has 2 unspecified atom stereocenters. The fourth-order valence-corrected chi connectivity index (χ4v) is 1.35. The number of nitrogens with zero attached hydrogens (tertiary/aromatic N) is 1. The maximum Gasteiger partial charge on any atom is 0.125 e. The van der Waals surface area contributed by atoms with Crippen LogP contribution < -0.4 is 11.1 Å². The lowest BCUT2D eigenvalue weighted by Crippen LogP contribution is -2.30. The molecule has 1 heterocycles. The number of anilines is 1. The first-order chi connectivity index (χ1) is 7.06. The van der Waals surface area contributed by atoms with E-state index in [1.165, 1.54) is 0 Å². The van der Waals surface area contributed by atoms with E-state index in [2.05, 4.69) is 10.3 Å². The van der Waals surface area contributed by atoms with Gasteiger partial charge >= 0.3 is 0 Å². The first-order valence-corrected chi connectivity index (χ1v) is 4.79. The van der Waals surface area contributed by atoms with Gasteiger partial charge in [-0.1, -0.05) is 0 Å². The van der Waals surface area contributed by atoms with Gasteiger partial charge in [0.1, 0.15) is 6.10 Å². The van der Waals surface area contributed by atoms with Crippen LogP contribution in [0, 0.1) is 6.92 Å². The lowest BCUT2D eigenvalue weighted by atomic mass is 10.1. The molecule has 0 spiro atoms. The van der Waals surface area contributed by atoms with Gasteiger partial charge in [0, 0.05) is 12.7 Å². The van der Waals surface area contributed by atoms with E-state index in [-0.39, 0.29) is 6.54 Å². The molecule has 1 aromatic rings. The lowest BCUT2D eigenvalue weighted by Gasteiger charge is -2.18. The number of aliphatic hydroxyl groups is 2. The summed E-state index contributed by atoms with van der Waals surface area (Å²) in [5, 5.41) is 22.1. The maximum absolute atomic E-state index is 9.76. The number of nitrogens with one attached hydrogen (secondary N) is 1. The minimum Gasteiger partial charge on any atom is -0.397 e. The van der Waals surface area contributed by atoms with Gasteiger partial charge < -0.3 is 21.3 Å². The Morgan fingerprint density at radius 3 is 2.73 bits per heavy atom. The van der Waals surface area contributed by atoms with E-state index in [4.69, 9.17) is 5.73 Å². The Hall–Kier alpha value is -1.17. The summed E-state index contributed by atoms with van der Waals surface area (Å²) >= 11 is 0. The normalized spacial score (nSPS) is 14.9. The molecule has 0 aliphatic rings. The van der Waals surface area contributed by atoms with Crippen LogP contribution in [0.4, 0.5) is 5.69 Å². The van der Waals surface area contributed by atoms with Gasteiger partial charge in [0.05, 0.1) is 17.5 Å². The van der Waals surface area contributed by atoms with E-state index in [0.717, 1.165) is 5.56 Å². The second kappa shape index (κ2) is 5.06. The highest BCUT2D eigenvalue weighted by Gasteiger charge is 2.21. The summed E-state index contributed by atoms with van der Waals surface area (Å²) in [4.78, 5) is 4.02. The molecular formula is C10H17N3O2. The van der Waals surface area contributed by atoms with E-state index in [9.17, 15) is 10.2 Å². The number of aliphatic hydroxyl groups excluding tert-OH is 2. The molecule has 0 saturated heterocycles. The van der Waals surface area contributed by atoms with Gasteiger partial charge in [0.2, 0.25) is 0 Å². The van der Waals surface area contributed by atoms with E-state index < -0.39 is 12.2 Å². The minimum atomic E-state index is -1.06. The Bertz CT molecular complexity index is 330. The van der Waals surface area contributed by atoms with Gasteiger partial charge in [0.15, 0.2) is 0 Å². The van der Waals surface area contributed by atoms with Crippen LogP contribution in [0.1, 0.15) is 17.4 Å². The number of rotatable bonds is 4. The highest BCUT2D eigenvalue weighted by molar-refractivity contribution is 5.45. The summed E-state index contributed by atoms with van der Waals surface area (Å²) in [6.45, 7) is 2.15. The van der Waals surface area contributed by atoms with Gasteiger partial charge in [-0.15, -0.1) is 0 Å². The van der Waals surface area contributed by atoms with Crippen LogP contribution in [0.3, 0.4) is 0 Å². The molecule has 1 aromatic heterocycles. The monoisotopic (exact) mass is 211 g/mol. The second-order valence-corrected chi connectivity index (χ2v) is 3.56. The molecule has 0 aromatic carbocycles. The van der Waals surface area contributed by atoms with Gasteiger partial charge in [-0.3, -0.25) is 4.98 Å². The van der Waals surface area contributed by atoms with Gasteiger partial charge in [-0.2, -0.15) is 0 Å². The first kappa shape index (κ1) is 11.9. The smallest absolute Gasteiger partial charge is 0.125 e. The lowest BCUT2D eigenvalue weighted by molar-refractivity contribution is 0.0181. The Kier molecular flexibility index (Phi) is 4.02. The number of nitrogens with two attached hydrogens (primary N) is 1. The van der Waals surface area contributed by atoms with Gasteiger partial charge in [0.25, 0.3) is 0 Å². The number of aryl methyl sites for hydroxylation is 1. The molecule has 0 radical (unpaired) electrons. The van der Waals surface area contributed by atoms with Gasteiger partial charge in [-0.25, -0.2) is 0 Å². The van der Waals surface area contributed by atoms with E-state index in [0.29, 0.717) is 11.4 Å². The Morgan fingerprint density at radius 1 is 1.53 bits per heavy atom. The van der Waals surface area contributed by atoms with Crippen molar-refractivity contribution in [2.75, 3.05) is 19.3 Å². The summed E-state index contributed by atoms with van der Waals surface area (Å²) in [6, 6.07) is 1.72. The maximum atomic E-state index is 9.76. The van der Waals surface area contributed by atoms with Crippen molar-refractivity contribution in [1.82, 2.24) is 10.3 Å². The summed E-state index contributed by atoms with van der Waals surface area (Å²) in [6.07, 6.45) is -0.355. The molecule has 15 heavy (non-hydrogen) atoms. The minimum absolute atomic E-state index is 0.288. The Labute approximate surface area is 89.0 Å². The van der Waals surface area contributed by atoms with Crippen molar-refractivity contribution in [3.63, 3.8) is 0 Å². The summed E-state index contributed by atoms with van der Waals surface area (Å²) in [7, 11) is 1.70. The van der Waals surface area contributed by atoms with Crippen LogP contribution in [0.2, 0.25) is 0 Å². The van der Waals surface area contributed by atoms with Crippen LogP contribution in [0.25, 0.3) is 0 Å². The van der Waals surface area contributed by atoms with Crippen LogP contribution in [-0.2, 0) is 0 Å². The third-order valence-corrected chi connectivity index (χ3v) is 2.14. The quantitative estimate of drug-likeness (QED) is 0.543. The molecule has 5 heteroatoms. The predicted octanol–water partition coefficient (Wildman–Crippen LogP) is -0.414. The zero-order valence-electron chi connectivity index (χ0n) is 8.94. The van der Waals surface area contributed by atoms with Crippen LogP contribution in [0.15, 0.2) is 12.3 Å².